The number of alkyl halides is 3. The predicted octanol–water partition coefficient (Wildman–Crippen LogP) is 2.19. The van der Waals surface area contributed by atoms with Crippen molar-refractivity contribution in [1.82, 2.24) is 4.31 Å². The van der Waals surface area contributed by atoms with Crippen LogP contribution in [0.25, 0.3) is 0 Å². The molecule has 1 unspecified atom stereocenters. The summed E-state index contributed by atoms with van der Waals surface area (Å²) in [5.74, 6) is -1.12. The second-order valence-electron chi connectivity index (χ2n) is 5.41. The third-order valence-corrected chi connectivity index (χ3v) is 6.90. The maximum Gasteiger partial charge on any atom is 0.425 e. The third-order valence-electron chi connectivity index (χ3n) is 3.41. The Hall–Kier alpha value is -1.17. The van der Waals surface area contributed by atoms with Gasteiger partial charge in [0.1, 0.15) is 9.09 Å². The summed E-state index contributed by atoms with van der Waals surface area (Å²) in [7, 11) is -2.76. The van der Waals surface area contributed by atoms with Crippen molar-refractivity contribution in [1.29, 1.82) is 0 Å². The molecule has 0 bridgehead atoms. The molecule has 0 saturated carbocycles. The fraction of sp³-hybridized carbons (Fsp3) is 0.615. The molecule has 1 fully saturated rings. The summed E-state index contributed by atoms with van der Waals surface area (Å²) in [6.07, 6.45) is -5.34. The van der Waals surface area contributed by atoms with Gasteiger partial charge in [0, 0.05) is 20.0 Å². The van der Waals surface area contributed by atoms with Crippen molar-refractivity contribution < 1.29 is 36.2 Å². The van der Waals surface area contributed by atoms with Gasteiger partial charge in [-0.3, -0.25) is 4.79 Å². The van der Waals surface area contributed by atoms with E-state index in [4.69, 9.17) is 9.84 Å². The zero-order valence-electron chi connectivity index (χ0n) is 12.7. The Morgan fingerprint density at radius 2 is 2.12 bits per heavy atom. The maximum absolute atomic E-state index is 13.1. The lowest BCUT2D eigenvalue weighted by Gasteiger charge is -2.14. The van der Waals surface area contributed by atoms with Crippen LogP contribution in [0.2, 0.25) is 0 Å². The number of aliphatic carboxylic acids is 1. The van der Waals surface area contributed by atoms with Gasteiger partial charge in [0.25, 0.3) is 10.0 Å². The summed E-state index contributed by atoms with van der Waals surface area (Å²) >= 11 is 0.165. The standard InChI is InChI=1S/C13H16F3NO5S2/c1-17(6-9-7-22-9)24(20,21)11-5-8(3-2-4-10(18)19)12(23-11)13(14,15)16/h5,9H,2-4,6-7H2,1H3,(H,18,19). The Kier molecular flexibility index (Phi) is 5.57. The highest BCUT2D eigenvalue weighted by Crippen LogP contribution is 2.40. The fourth-order valence-electron chi connectivity index (χ4n) is 2.10. The van der Waals surface area contributed by atoms with Crippen molar-refractivity contribution in [3.05, 3.63) is 16.5 Å². The first-order valence-corrected chi connectivity index (χ1v) is 9.27. The number of carbonyl (C=O) groups is 1. The maximum atomic E-state index is 13.1. The molecule has 136 valence electrons. The van der Waals surface area contributed by atoms with Crippen molar-refractivity contribution in [2.45, 2.75) is 35.8 Å². The number of sulfonamides is 1. The van der Waals surface area contributed by atoms with Crippen molar-refractivity contribution in [3.63, 3.8) is 0 Å². The van der Waals surface area contributed by atoms with Gasteiger partial charge in [-0.25, -0.2) is 8.42 Å². The van der Waals surface area contributed by atoms with Crippen LogP contribution in [0.3, 0.4) is 0 Å². The summed E-state index contributed by atoms with van der Waals surface area (Å²) < 4.78 is 69.6. The van der Waals surface area contributed by atoms with Crippen LogP contribution >= 0.6 is 11.3 Å². The molecule has 2 rings (SSSR count). The molecule has 0 radical (unpaired) electrons. The van der Waals surface area contributed by atoms with Crippen molar-refractivity contribution in [2.75, 3.05) is 20.2 Å². The molecule has 1 atom stereocenters. The van der Waals surface area contributed by atoms with Crippen LogP contribution in [-0.2, 0) is 32.2 Å². The molecule has 1 aromatic heterocycles. The topological polar surface area (TPSA) is 87.2 Å². The highest BCUT2D eigenvalue weighted by Gasteiger charge is 2.39. The minimum absolute atomic E-state index is 0.000385. The molecule has 1 N–H and O–H groups in total. The number of nitrogens with zero attached hydrogens (tertiary/aromatic N) is 1. The quantitative estimate of drug-likeness (QED) is 0.691. The molecule has 11 heteroatoms. The monoisotopic (exact) mass is 387 g/mol. The number of ether oxygens (including phenoxy) is 1. The van der Waals surface area contributed by atoms with E-state index in [-0.39, 0.29) is 48.8 Å². The van der Waals surface area contributed by atoms with E-state index in [1.165, 1.54) is 7.05 Å². The lowest BCUT2D eigenvalue weighted by Crippen LogP contribution is -2.30. The highest BCUT2D eigenvalue weighted by atomic mass is 32.2. The number of halogens is 3. The summed E-state index contributed by atoms with van der Waals surface area (Å²) in [5.41, 5.74) is -0.191. The van der Waals surface area contributed by atoms with Gasteiger partial charge < -0.3 is 9.84 Å². The average molecular weight is 387 g/mol. The molecule has 0 spiro atoms. The minimum Gasteiger partial charge on any atom is -0.481 e. The molecule has 0 aromatic carbocycles. The highest BCUT2D eigenvalue weighted by molar-refractivity contribution is 7.91. The van der Waals surface area contributed by atoms with Crippen molar-refractivity contribution >= 4 is 27.3 Å². The lowest BCUT2D eigenvalue weighted by molar-refractivity contribution is -0.137. The number of thiophene rings is 1. The van der Waals surface area contributed by atoms with Gasteiger partial charge in [0.15, 0.2) is 0 Å². The third kappa shape index (κ3) is 4.68. The Morgan fingerprint density at radius 1 is 1.50 bits per heavy atom. The van der Waals surface area contributed by atoms with Gasteiger partial charge in [0.05, 0.1) is 12.7 Å². The molecule has 1 aliphatic rings. The van der Waals surface area contributed by atoms with Crippen LogP contribution in [0.4, 0.5) is 13.2 Å². The fourth-order valence-corrected chi connectivity index (χ4v) is 4.92. The summed E-state index contributed by atoms with van der Waals surface area (Å²) in [6.45, 7) is 0.508. The molecular weight excluding hydrogens is 371 g/mol. The molecule has 2 heterocycles. The zero-order chi connectivity index (χ0) is 18.1. The number of carboxylic acids is 1. The second kappa shape index (κ2) is 6.98. The number of hydrogen-bond acceptors (Lipinski definition) is 5. The smallest absolute Gasteiger partial charge is 0.425 e. The van der Waals surface area contributed by atoms with Gasteiger partial charge in [-0.15, -0.1) is 11.3 Å². The van der Waals surface area contributed by atoms with Gasteiger partial charge in [-0.05, 0) is 24.5 Å². The van der Waals surface area contributed by atoms with Gasteiger partial charge in [-0.1, -0.05) is 0 Å². The number of aryl methyl sites for hydroxylation is 1. The SMILES string of the molecule is CN(CC1CO1)S(=O)(=O)c1cc(CCCC(=O)O)c(C(F)(F)F)s1. The summed E-state index contributed by atoms with van der Waals surface area (Å²) in [4.78, 5) is 9.50. The van der Waals surface area contributed by atoms with Crippen molar-refractivity contribution in [3.8, 4) is 0 Å². The van der Waals surface area contributed by atoms with E-state index >= 15 is 0 Å². The van der Waals surface area contributed by atoms with E-state index in [0.717, 1.165) is 10.4 Å². The van der Waals surface area contributed by atoms with Gasteiger partial charge in [-0.2, -0.15) is 17.5 Å². The number of carboxylic acid groups (broad SMARTS) is 1. The van der Waals surface area contributed by atoms with E-state index < -0.39 is 31.3 Å². The predicted molar refractivity (Wildman–Crippen MR) is 79.5 cm³/mol. The van der Waals surface area contributed by atoms with Crippen LogP contribution in [0, 0.1) is 0 Å². The first kappa shape index (κ1) is 19.2. The second-order valence-corrected chi connectivity index (χ2v) is 8.73. The minimum atomic E-state index is -4.69. The Bertz CT molecular complexity index is 710. The van der Waals surface area contributed by atoms with E-state index in [1.54, 1.807) is 0 Å². The molecule has 1 saturated heterocycles. The van der Waals surface area contributed by atoms with Crippen LogP contribution in [-0.4, -0.2) is 50.1 Å². The van der Waals surface area contributed by atoms with Gasteiger partial charge in [0.2, 0.25) is 0 Å². The lowest BCUT2D eigenvalue weighted by atomic mass is 10.1. The number of rotatable bonds is 8. The number of hydrogen-bond donors (Lipinski definition) is 1. The Balaban J connectivity index is 2.26. The molecular formula is C13H16F3NO5S2. The molecule has 1 aliphatic heterocycles. The van der Waals surface area contributed by atoms with E-state index in [2.05, 4.69) is 0 Å². The number of likely N-dealkylation sites (N-methyl/N-ethyl adjacent to an activating group) is 1. The van der Waals surface area contributed by atoms with Crippen LogP contribution in [0.1, 0.15) is 23.3 Å². The first-order valence-electron chi connectivity index (χ1n) is 7.01. The Labute approximate surface area is 140 Å². The number of epoxide rings is 1. The first-order chi connectivity index (χ1) is 11.0. The average Bonchev–Trinajstić information content (AvgIpc) is 3.13. The van der Waals surface area contributed by atoms with Crippen LogP contribution in [0.5, 0.6) is 0 Å². The molecule has 6 nitrogen and oxygen atoms in total. The van der Waals surface area contributed by atoms with Crippen LogP contribution < -0.4 is 0 Å². The largest absolute Gasteiger partial charge is 0.481 e. The Morgan fingerprint density at radius 3 is 2.62 bits per heavy atom. The van der Waals surface area contributed by atoms with E-state index in [0.29, 0.717) is 6.61 Å². The molecule has 0 aliphatic carbocycles. The van der Waals surface area contributed by atoms with Gasteiger partial charge >= 0.3 is 12.1 Å². The summed E-state index contributed by atoms with van der Waals surface area (Å²) in [5, 5.41) is 8.58. The van der Waals surface area contributed by atoms with E-state index in [1.807, 2.05) is 0 Å². The zero-order valence-corrected chi connectivity index (χ0v) is 14.3. The van der Waals surface area contributed by atoms with E-state index in [9.17, 15) is 26.4 Å². The molecule has 0 amide bonds. The summed E-state index contributed by atoms with van der Waals surface area (Å²) in [6, 6.07) is 0.995. The molecule has 1 aromatic rings. The van der Waals surface area contributed by atoms with Crippen molar-refractivity contribution in [2.24, 2.45) is 0 Å². The normalized spacial score (nSPS) is 18.1. The molecule has 24 heavy (non-hydrogen) atoms. The van der Waals surface area contributed by atoms with Crippen LogP contribution in [0.15, 0.2) is 10.3 Å².